The van der Waals surface area contributed by atoms with Crippen LogP contribution < -0.4 is 0 Å². The Morgan fingerprint density at radius 1 is 0.958 bits per heavy atom. The molecule has 3 N–H and O–H groups in total. The number of ether oxygens (including phenoxy) is 8. The summed E-state index contributed by atoms with van der Waals surface area (Å²) >= 11 is 0. The summed E-state index contributed by atoms with van der Waals surface area (Å²) in [6.07, 6.45) is -2.81. The average Bonchev–Trinajstić information content (AvgIpc) is 3.31. The quantitative estimate of drug-likeness (QED) is 0.179. The minimum absolute atomic E-state index is 0.0437. The minimum Gasteiger partial charge on any atom is -0.459 e. The fourth-order valence-electron chi connectivity index (χ4n) is 11.2. The largest absolute Gasteiger partial charge is 0.459 e. The van der Waals surface area contributed by atoms with Crippen molar-refractivity contribution < 1.29 is 62.8 Å². The zero-order chi connectivity index (χ0) is 53.0. The van der Waals surface area contributed by atoms with Crippen molar-refractivity contribution in [3.8, 4) is 0 Å². The van der Waals surface area contributed by atoms with Crippen LogP contribution in [0.1, 0.15) is 128 Å². The Morgan fingerprint density at radius 3 is 2.24 bits per heavy atom. The zero-order valence-electron chi connectivity index (χ0n) is 45.6. The molecule has 3 saturated heterocycles. The Balaban J connectivity index is 1.65. The SMILES string of the molecule is CC[C@H]1OC(=O)[C@H](C)[C@@H](O[C@H]2C[C@@](C)(OC)[C@@H](O)[C@H](C)O2)[C@H](C)[C@@H](O[C@@H]2O[C@H](C)C[C@H](N(C)C(C)(C)C)[C@H]2O)[C@](C)(OC)C[C@@H](C)/C(=N\C(C)=O)[C@H](C)[C@@H](OC/C=C/c2cnc3ccccc3c2)[C@]1(C)O. The molecule has 3 aliphatic rings. The van der Waals surface area contributed by atoms with Crippen LogP contribution in [0.2, 0.25) is 0 Å². The van der Waals surface area contributed by atoms with Crippen LogP contribution in [0, 0.1) is 23.7 Å². The van der Waals surface area contributed by atoms with Gasteiger partial charge in [0.05, 0.1) is 59.8 Å². The van der Waals surface area contributed by atoms with Gasteiger partial charge in [-0.15, -0.1) is 0 Å². The summed E-state index contributed by atoms with van der Waals surface area (Å²) < 4.78 is 52.5. The lowest BCUT2D eigenvalue weighted by Gasteiger charge is -2.51. The number of para-hydroxylation sites is 1. The van der Waals surface area contributed by atoms with E-state index in [1.165, 1.54) is 14.0 Å². The maximum absolute atomic E-state index is 14.9. The number of carbonyl (C=O) groups excluding carboxylic acids is 2. The van der Waals surface area contributed by atoms with Gasteiger partial charge in [0.2, 0.25) is 5.91 Å². The Morgan fingerprint density at radius 2 is 1.62 bits per heavy atom. The van der Waals surface area contributed by atoms with E-state index in [4.69, 9.17) is 37.9 Å². The van der Waals surface area contributed by atoms with Gasteiger partial charge in [-0.1, -0.05) is 58.0 Å². The number of rotatable bonds is 12. The molecule has 5 rings (SSSR count). The standard InChI is InChI=1S/C55H87N3O13/c1-18-42-55(14,63)49(66-25-21-22-38-27-39-23-19-20-24-40(39)56-30-38)33(4)44(57-37(8)59)31(2)28-54(13,65-17)48(71-51-45(60)41(26-32(3)67-51)58(15)52(9,10)11)34(5)46(35(6)50(62)69-42)70-43-29-53(12,64-16)47(61)36(7)68-43/h19-24,27,30-36,41-43,45-49,51,60-61,63H,18,25-26,28-29H2,1-17H3/b22-21+,57-44+/t31-,32-,33+,34+,35-,36+,41+,42-,43+,45-,46+,47+,48-,49-,51+,53-,54-,55-/m1/s1. The molecule has 0 saturated carbocycles. The molecule has 2 aromatic rings. The first-order chi connectivity index (χ1) is 33.1. The van der Waals surface area contributed by atoms with Gasteiger partial charge in [-0.2, -0.15) is 0 Å². The van der Waals surface area contributed by atoms with Crippen molar-refractivity contribution in [1.29, 1.82) is 0 Å². The van der Waals surface area contributed by atoms with Crippen LogP contribution in [0.3, 0.4) is 0 Å². The molecule has 71 heavy (non-hydrogen) atoms. The van der Waals surface area contributed by atoms with Gasteiger partial charge >= 0.3 is 5.97 Å². The average molecular weight is 998 g/mol. The molecule has 3 aliphatic heterocycles. The molecule has 0 unspecified atom stereocenters. The molecular formula is C55H87N3O13. The molecule has 1 amide bonds. The molecule has 3 fully saturated rings. The molecule has 0 radical (unpaired) electrons. The van der Waals surface area contributed by atoms with Crippen molar-refractivity contribution >= 4 is 34.6 Å². The first-order valence-corrected chi connectivity index (χ1v) is 25.6. The maximum Gasteiger partial charge on any atom is 0.311 e. The van der Waals surface area contributed by atoms with Crippen molar-refractivity contribution in [2.45, 2.75) is 212 Å². The maximum atomic E-state index is 14.9. The molecule has 18 atom stereocenters. The Kier molecular flexibility index (Phi) is 19.8. The van der Waals surface area contributed by atoms with Gasteiger partial charge in [-0.25, -0.2) is 4.99 Å². The number of carbonyl (C=O) groups is 2. The predicted octanol–water partition coefficient (Wildman–Crippen LogP) is 7.31. The van der Waals surface area contributed by atoms with E-state index in [2.05, 4.69) is 35.6 Å². The molecule has 0 spiro atoms. The number of benzene rings is 1. The van der Waals surface area contributed by atoms with Crippen molar-refractivity contribution in [3.05, 3.63) is 48.2 Å². The van der Waals surface area contributed by atoms with E-state index in [-0.39, 0.29) is 43.6 Å². The van der Waals surface area contributed by atoms with E-state index < -0.39 is 108 Å². The molecule has 16 nitrogen and oxygen atoms in total. The van der Waals surface area contributed by atoms with Gasteiger partial charge in [0.25, 0.3) is 0 Å². The summed E-state index contributed by atoms with van der Waals surface area (Å²) in [7, 11) is 5.08. The second-order valence-electron chi connectivity index (χ2n) is 22.3. The number of methoxy groups -OCH3 is 2. The highest BCUT2D eigenvalue weighted by atomic mass is 16.7. The Hall–Kier alpha value is -3.26. The summed E-state index contributed by atoms with van der Waals surface area (Å²) in [4.78, 5) is 39.5. The smallest absolute Gasteiger partial charge is 0.311 e. The fourth-order valence-corrected chi connectivity index (χ4v) is 11.2. The van der Waals surface area contributed by atoms with E-state index in [0.717, 1.165) is 16.5 Å². The van der Waals surface area contributed by atoms with Crippen molar-refractivity contribution in [2.75, 3.05) is 27.9 Å². The number of aromatic nitrogens is 1. The van der Waals surface area contributed by atoms with Gasteiger partial charge in [0.1, 0.15) is 23.9 Å². The third-order valence-electron chi connectivity index (χ3n) is 15.7. The minimum atomic E-state index is -1.83. The van der Waals surface area contributed by atoms with Crippen LogP contribution >= 0.6 is 0 Å². The van der Waals surface area contributed by atoms with Crippen LogP contribution in [0.4, 0.5) is 0 Å². The molecular weight excluding hydrogens is 911 g/mol. The molecule has 1 aromatic carbocycles. The van der Waals surface area contributed by atoms with Crippen molar-refractivity contribution in [3.63, 3.8) is 0 Å². The summed E-state index contributed by atoms with van der Waals surface area (Å²) in [6, 6.07) is 9.53. The lowest BCUT2D eigenvalue weighted by atomic mass is 9.73. The van der Waals surface area contributed by atoms with Gasteiger partial charge in [-0.05, 0) is 112 Å². The number of likely N-dealkylation sites (N-methyl/N-ethyl adjacent to an activating group) is 1. The monoisotopic (exact) mass is 998 g/mol. The topological polar surface area (TPSA) is 197 Å². The van der Waals surface area contributed by atoms with E-state index in [1.54, 1.807) is 41.0 Å². The number of aliphatic imine (C=N–C) groups is 1. The molecule has 16 heteroatoms. The summed E-state index contributed by atoms with van der Waals surface area (Å²) in [6.45, 7) is 25.9. The van der Waals surface area contributed by atoms with E-state index in [9.17, 15) is 24.9 Å². The van der Waals surface area contributed by atoms with Crippen LogP contribution in [0.25, 0.3) is 17.0 Å². The number of amides is 1. The first-order valence-electron chi connectivity index (χ1n) is 25.6. The third-order valence-corrected chi connectivity index (χ3v) is 15.7. The van der Waals surface area contributed by atoms with E-state index in [1.807, 2.05) is 91.1 Å². The Labute approximate surface area is 423 Å². The second-order valence-corrected chi connectivity index (χ2v) is 22.3. The number of esters is 1. The number of aliphatic hydroxyl groups is 3. The number of cyclic esters (lactones) is 1. The van der Waals surface area contributed by atoms with Crippen molar-refractivity contribution in [2.24, 2.45) is 28.7 Å². The zero-order valence-corrected chi connectivity index (χ0v) is 45.6. The predicted molar refractivity (Wildman–Crippen MR) is 272 cm³/mol. The van der Waals surface area contributed by atoms with Gasteiger partial charge in [0, 0.05) is 68.3 Å². The summed E-state index contributed by atoms with van der Waals surface area (Å²) in [5, 5.41) is 37.3. The normalized spacial score (nSPS) is 40.0. The number of hydrogen-bond acceptors (Lipinski definition) is 15. The Bertz CT molecular complexity index is 2150. The van der Waals surface area contributed by atoms with Gasteiger partial charge < -0.3 is 53.2 Å². The number of fused-ring (bicyclic) bond motifs is 1. The number of hydrogen-bond donors (Lipinski definition) is 3. The summed E-state index contributed by atoms with van der Waals surface area (Å²) in [5.74, 6) is -4.10. The van der Waals surface area contributed by atoms with E-state index in [0.29, 0.717) is 12.1 Å². The highest BCUT2D eigenvalue weighted by molar-refractivity contribution is 5.98. The van der Waals surface area contributed by atoms with Crippen LogP contribution in [0.5, 0.6) is 0 Å². The number of aliphatic hydroxyl groups excluding tert-OH is 2. The highest BCUT2D eigenvalue weighted by Gasteiger charge is 2.54. The van der Waals surface area contributed by atoms with Gasteiger partial charge in [-0.3, -0.25) is 19.5 Å². The molecule has 1 aromatic heterocycles. The van der Waals surface area contributed by atoms with Gasteiger partial charge in [0.15, 0.2) is 12.6 Å². The van der Waals surface area contributed by atoms with Crippen LogP contribution in [-0.2, 0) is 47.5 Å². The van der Waals surface area contributed by atoms with Crippen molar-refractivity contribution in [1.82, 2.24) is 9.88 Å². The number of pyridine rings is 1. The second kappa shape index (κ2) is 24.0. The first kappa shape index (κ1) is 58.6. The summed E-state index contributed by atoms with van der Waals surface area (Å²) in [5.41, 5.74) is -2.28. The van der Waals surface area contributed by atoms with Crippen LogP contribution in [0.15, 0.2) is 47.6 Å². The molecule has 400 valence electrons. The van der Waals surface area contributed by atoms with Crippen LogP contribution in [-0.4, -0.2) is 160 Å². The lowest BCUT2D eigenvalue weighted by molar-refractivity contribution is -0.320. The highest BCUT2D eigenvalue weighted by Crippen LogP contribution is 2.43. The van der Waals surface area contributed by atoms with E-state index >= 15 is 0 Å². The fraction of sp³-hybridized carbons (Fsp3) is 0.745. The molecule has 0 bridgehead atoms. The lowest BCUT2D eigenvalue weighted by Crippen LogP contribution is -2.63. The third kappa shape index (κ3) is 13.5. The molecule has 0 aliphatic carbocycles. The molecule has 4 heterocycles. The number of nitrogens with zero attached hydrogens (tertiary/aromatic N) is 3.